The molecule has 1 aromatic carbocycles. The minimum atomic E-state index is -3.92. The van der Waals surface area contributed by atoms with Crippen molar-refractivity contribution in [1.82, 2.24) is 14.9 Å². The Kier molecular flexibility index (Phi) is 6.09. The summed E-state index contributed by atoms with van der Waals surface area (Å²) in [5.74, 6) is -1.21. The largest absolute Gasteiger partial charge is 0.365 e. The van der Waals surface area contributed by atoms with E-state index in [2.05, 4.69) is 10.0 Å². The number of amides is 2. The summed E-state index contributed by atoms with van der Waals surface area (Å²) in [7, 11) is -2.29. The smallest absolute Gasteiger partial charge is 0.248 e. The highest BCUT2D eigenvalue weighted by molar-refractivity contribution is 7.89. The molecule has 0 unspecified atom stereocenters. The number of halogens is 1. The number of likely N-dealkylation sites (N-methyl/N-ethyl adjacent to an activating group) is 1. The van der Waals surface area contributed by atoms with Crippen LogP contribution < -0.4 is 10.0 Å². The maximum Gasteiger partial charge on any atom is 0.248 e. The SMILES string of the molecule is Cc1cc(F)ccc1S(=O)(=O)NCC(=O)NC[C@H]1CN(C)C(=O)CO1. The third kappa shape index (κ3) is 5.21. The fraction of sp³-hybridized carbons (Fsp3) is 0.467. The number of carbonyl (C=O) groups excluding carboxylic acids is 2. The number of carbonyl (C=O) groups is 2. The Hall–Kier alpha value is -2.04. The lowest BCUT2D eigenvalue weighted by Crippen LogP contribution is -2.49. The lowest BCUT2D eigenvalue weighted by atomic mass is 10.2. The van der Waals surface area contributed by atoms with Crippen molar-refractivity contribution in [2.75, 3.05) is 33.3 Å². The third-order valence-corrected chi connectivity index (χ3v) is 5.28. The van der Waals surface area contributed by atoms with E-state index in [1.165, 1.54) is 11.8 Å². The van der Waals surface area contributed by atoms with Crippen LogP contribution in [0, 0.1) is 12.7 Å². The predicted molar refractivity (Wildman–Crippen MR) is 86.7 cm³/mol. The first-order valence-electron chi connectivity index (χ1n) is 7.57. The van der Waals surface area contributed by atoms with Gasteiger partial charge in [0, 0.05) is 20.1 Å². The minimum Gasteiger partial charge on any atom is -0.365 e. The Bertz CT molecular complexity index is 768. The number of benzene rings is 1. The molecule has 0 bridgehead atoms. The third-order valence-electron chi connectivity index (χ3n) is 3.72. The average molecular weight is 373 g/mol. The van der Waals surface area contributed by atoms with Crippen LogP contribution in [0.4, 0.5) is 4.39 Å². The molecule has 0 aliphatic carbocycles. The summed E-state index contributed by atoms with van der Waals surface area (Å²) in [5.41, 5.74) is 0.246. The van der Waals surface area contributed by atoms with Crippen LogP contribution in [0.5, 0.6) is 0 Å². The average Bonchev–Trinajstić information content (AvgIpc) is 2.54. The van der Waals surface area contributed by atoms with Crippen molar-refractivity contribution >= 4 is 21.8 Å². The molecule has 1 atom stereocenters. The van der Waals surface area contributed by atoms with Crippen molar-refractivity contribution in [1.29, 1.82) is 0 Å². The van der Waals surface area contributed by atoms with Gasteiger partial charge in [-0.15, -0.1) is 0 Å². The Morgan fingerprint density at radius 2 is 2.16 bits per heavy atom. The van der Waals surface area contributed by atoms with E-state index in [0.717, 1.165) is 18.2 Å². The zero-order valence-electron chi connectivity index (χ0n) is 13.9. The van der Waals surface area contributed by atoms with Crippen LogP contribution >= 0.6 is 0 Å². The molecule has 25 heavy (non-hydrogen) atoms. The van der Waals surface area contributed by atoms with Crippen molar-refractivity contribution in [2.45, 2.75) is 17.9 Å². The van der Waals surface area contributed by atoms with Crippen LogP contribution in [0.1, 0.15) is 5.56 Å². The van der Waals surface area contributed by atoms with E-state index in [1.54, 1.807) is 7.05 Å². The van der Waals surface area contributed by atoms with E-state index in [-0.39, 0.29) is 35.6 Å². The molecule has 1 aliphatic heterocycles. The fourth-order valence-corrected chi connectivity index (χ4v) is 3.53. The van der Waals surface area contributed by atoms with E-state index in [0.29, 0.717) is 6.54 Å². The molecule has 138 valence electrons. The molecule has 1 aromatic rings. The summed E-state index contributed by atoms with van der Waals surface area (Å²) in [6.45, 7) is 1.47. The second-order valence-corrected chi connectivity index (χ2v) is 7.48. The normalized spacial score (nSPS) is 18.3. The standard InChI is InChI=1S/C15H20FN3O5S/c1-10-5-11(16)3-4-13(10)25(22,23)18-7-14(20)17-6-12-8-19(2)15(21)9-24-12/h3-5,12,18H,6-9H2,1-2H3,(H,17,20)/t12-/m0/s1. The van der Waals surface area contributed by atoms with E-state index in [1.807, 2.05) is 0 Å². The number of morpholine rings is 1. The topological polar surface area (TPSA) is 105 Å². The molecule has 1 saturated heterocycles. The minimum absolute atomic E-state index is 0.0481. The Labute approximate surface area is 145 Å². The lowest BCUT2D eigenvalue weighted by molar-refractivity contribution is -0.146. The molecule has 0 radical (unpaired) electrons. The quantitative estimate of drug-likeness (QED) is 0.692. The molecule has 2 N–H and O–H groups in total. The molecular weight excluding hydrogens is 353 g/mol. The summed E-state index contributed by atoms with van der Waals surface area (Å²) < 4.78 is 44.8. The fourth-order valence-electron chi connectivity index (χ4n) is 2.33. The number of sulfonamides is 1. The van der Waals surface area contributed by atoms with Crippen LogP contribution in [-0.4, -0.2) is 64.5 Å². The van der Waals surface area contributed by atoms with E-state index >= 15 is 0 Å². The maximum atomic E-state index is 13.1. The molecule has 10 heteroatoms. The zero-order valence-corrected chi connectivity index (χ0v) is 14.7. The second-order valence-electron chi connectivity index (χ2n) is 5.75. The van der Waals surface area contributed by atoms with Gasteiger partial charge in [0.25, 0.3) is 0 Å². The Morgan fingerprint density at radius 1 is 1.44 bits per heavy atom. The Morgan fingerprint density at radius 3 is 2.80 bits per heavy atom. The summed E-state index contributed by atoms with van der Waals surface area (Å²) in [6.07, 6.45) is -0.345. The predicted octanol–water partition coefficient (Wildman–Crippen LogP) is -0.614. The van der Waals surface area contributed by atoms with Crippen LogP contribution in [0.25, 0.3) is 0 Å². The molecule has 8 nitrogen and oxygen atoms in total. The van der Waals surface area contributed by atoms with Gasteiger partial charge in [0.1, 0.15) is 12.4 Å². The zero-order chi connectivity index (χ0) is 18.6. The molecule has 1 heterocycles. The molecule has 2 rings (SSSR count). The maximum absolute atomic E-state index is 13.1. The highest BCUT2D eigenvalue weighted by atomic mass is 32.2. The number of hydrogen-bond acceptors (Lipinski definition) is 5. The van der Waals surface area contributed by atoms with Gasteiger partial charge in [-0.2, -0.15) is 0 Å². The van der Waals surface area contributed by atoms with Gasteiger partial charge in [-0.05, 0) is 30.7 Å². The number of ether oxygens (including phenoxy) is 1. The first-order valence-corrected chi connectivity index (χ1v) is 9.05. The second kappa shape index (κ2) is 7.89. The van der Waals surface area contributed by atoms with Gasteiger partial charge in [-0.3, -0.25) is 9.59 Å². The van der Waals surface area contributed by atoms with Gasteiger partial charge < -0.3 is 15.0 Å². The van der Waals surface area contributed by atoms with Crippen LogP contribution in [0.2, 0.25) is 0 Å². The van der Waals surface area contributed by atoms with Crippen LogP contribution in [0.3, 0.4) is 0 Å². The Balaban J connectivity index is 1.84. The number of nitrogens with zero attached hydrogens (tertiary/aromatic N) is 1. The van der Waals surface area contributed by atoms with Gasteiger partial charge in [0.15, 0.2) is 0 Å². The van der Waals surface area contributed by atoms with Gasteiger partial charge in [0.05, 0.1) is 17.5 Å². The molecule has 1 fully saturated rings. The van der Waals surface area contributed by atoms with Crippen molar-refractivity contribution in [2.24, 2.45) is 0 Å². The number of rotatable bonds is 6. The molecule has 0 spiro atoms. The molecule has 0 saturated carbocycles. The number of hydrogen-bond donors (Lipinski definition) is 2. The summed E-state index contributed by atoms with van der Waals surface area (Å²) in [4.78, 5) is 24.5. The summed E-state index contributed by atoms with van der Waals surface area (Å²) >= 11 is 0. The van der Waals surface area contributed by atoms with Gasteiger partial charge in [-0.25, -0.2) is 17.5 Å². The van der Waals surface area contributed by atoms with Gasteiger partial charge in [-0.1, -0.05) is 0 Å². The van der Waals surface area contributed by atoms with E-state index < -0.39 is 28.3 Å². The van der Waals surface area contributed by atoms with Crippen molar-refractivity contribution in [3.63, 3.8) is 0 Å². The number of aryl methyl sites for hydroxylation is 1. The molecule has 2 amide bonds. The van der Waals surface area contributed by atoms with Crippen LogP contribution in [0.15, 0.2) is 23.1 Å². The first-order chi connectivity index (χ1) is 11.7. The molecular formula is C15H20FN3O5S. The highest BCUT2D eigenvalue weighted by Crippen LogP contribution is 2.15. The lowest BCUT2D eigenvalue weighted by Gasteiger charge is -2.29. The summed E-state index contributed by atoms with van der Waals surface area (Å²) in [6, 6.07) is 3.29. The molecule has 0 aromatic heterocycles. The first kappa shape index (κ1) is 19.3. The summed E-state index contributed by atoms with van der Waals surface area (Å²) in [5, 5.41) is 2.55. The molecule has 1 aliphatic rings. The van der Waals surface area contributed by atoms with E-state index in [9.17, 15) is 22.4 Å². The van der Waals surface area contributed by atoms with Crippen molar-refractivity contribution in [3.8, 4) is 0 Å². The highest BCUT2D eigenvalue weighted by Gasteiger charge is 2.24. The number of nitrogens with one attached hydrogen (secondary N) is 2. The van der Waals surface area contributed by atoms with Crippen molar-refractivity contribution in [3.05, 3.63) is 29.6 Å². The van der Waals surface area contributed by atoms with Gasteiger partial charge >= 0.3 is 0 Å². The van der Waals surface area contributed by atoms with Crippen LogP contribution in [-0.2, 0) is 24.3 Å². The van der Waals surface area contributed by atoms with Crippen molar-refractivity contribution < 1.29 is 27.1 Å². The van der Waals surface area contributed by atoms with Gasteiger partial charge in [0.2, 0.25) is 21.8 Å². The van der Waals surface area contributed by atoms with E-state index in [4.69, 9.17) is 4.74 Å². The monoisotopic (exact) mass is 373 g/mol.